The van der Waals surface area contributed by atoms with Gasteiger partial charge in [-0.3, -0.25) is 4.79 Å². The summed E-state index contributed by atoms with van der Waals surface area (Å²) in [5.41, 5.74) is 0.763. The van der Waals surface area contributed by atoms with Gasteiger partial charge in [0.15, 0.2) is 5.78 Å². The van der Waals surface area contributed by atoms with Crippen molar-refractivity contribution in [3.63, 3.8) is 0 Å². The molecule has 0 spiro atoms. The number of aromatic nitrogens is 2. The minimum atomic E-state index is 0.182. The maximum atomic E-state index is 11.6. The van der Waals surface area contributed by atoms with Crippen molar-refractivity contribution in [1.29, 1.82) is 0 Å². The van der Waals surface area contributed by atoms with E-state index in [9.17, 15) is 4.79 Å². The van der Waals surface area contributed by atoms with Crippen LogP contribution in [-0.4, -0.2) is 15.4 Å². The van der Waals surface area contributed by atoms with Gasteiger partial charge in [0.1, 0.15) is 4.88 Å². The lowest BCUT2D eigenvalue weighted by Crippen LogP contribution is -2.00. The summed E-state index contributed by atoms with van der Waals surface area (Å²) in [6, 6.07) is 0. The molecule has 13 heavy (non-hydrogen) atoms. The van der Waals surface area contributed by atoms with Gasteiger partial charge in [-0.2, -0.15) is 0 Å². The van der Waals surface area contributed by atoms with Crippen LogP contribution in [0.3, 0.4) is 0 Å². The Hall–Kier alpha value is -0.770. The van der Waals surface area contributed by atoms with Gasteiger partial charge in [0.05, 0.1) is 5.69 Å². The molecule has 0 aromatic carbocycles. The second-order valence-corrected chi connectivity index (χ2v) is 4.30. The minimum Gasteiger partial charge on any atom is -0.293 e. The van der Waals surface area contributed by atoms with Crippen LogP contribution in [0.5, 0.6) is 0 Å². The fraction of sp³-hybridized carbons (Fsp3) is 0.667. The Morgan fingerprint density at radius 2 is 2.23 bits per heavy atom. The Bertz CT molecular complexity index is 294. The van der Waals surface area contributed by atoms with Crippen LogP contribution < -0.4 is 0 Å². The number of aryl methyl sites for hydroxylation is 1. The minimum absolute atomic E-state index is 0.182. The summed E-state index contributed by atoms with van der Waals surface area (Å²) in [4.78, 5) is 12.3. The summed E-state index contributed by atoms with van der Waals surface area (Å²) >= 11 is 1.20. The Morgan fingerprint density at radius 3 is 2.69 bits per heavy atom. The molecule has 72 valence electrons. The summed E-state index contributed by atoms with van der Waals surface area (Å²) in [7, 11) is 0. The highest BCUT2D eigenvalue weighted by Crippen LogP contribution is 2.14. The van der Waals surface area contributed by atoms with E-state index in [2.05, 4.69) is 23.4 Å². The third kappa shape index (κ3) is 2.88. The first-order valence-electron chi connectivity index (χ1n) is 4.43. The second-order valence-electron chi connectivity index (χ2n) is 3.54. The predicted octanol–water partition coefficient (Wildman–Crippen LogP) is 2.47. The van der Waals surface area contributed by atoms with E-state index in [1.165, 1.54) is 11.5 Å². The van der Waals surface area contributed by atoms with E-state index in [0.29, 0.717) is 12.3 Å². The SMILES string of the molecule is Cc1nnsc1C(=O)CCC(C)C. The fourth-order valence-corrected chi connectivity index (χ4v) is 1.64. The Kier molecular flexibility index (Phi) is 3.54. The van der Waals surface area contributed by atoms with Crippen LogP contribution in [-0.2, 0) is 0 Å². The summed E-state index contributed by atoms with van der Waals surface area (Å²) in [5, 5.41) is 3.81. The molecular weight excluding hydrogens is 184 g/mol. The van der Waals surface area contributed by atoms with Crippen molar-refractivity contribution in [1.82, 2.24) is 9.59 Å². The molecule has 3 nitrogen and oxygen atoms in total. The van der Waals surface area contributed by atoms with E-state index in [1.807, 2.05) is 6.92 Å². The van der Waals surface area contributed by atoms with Crippen molar-refractivity contribution >= 4 is 17.3 Å². The van der Waals surface area contributed by atoms with Crippen molar-refractivity contribution in [2.24, 2.45) is 5.92 Å². The van der Waals surface area contributed by atoms with Gasteiger partial charge in [-0.05, 0) is 30.8 Å². The van der Waals surface area contributed by atoms with Crippen LogP contribution in [0.1, 0.15) is 42.1 Å². The zero-order chi connectivity index (χ0) is 9.84. The van der Waals surface area contributed by atoms with Crippen LogP contribution in [0, 0.1) is 12.8 Å². The number of rotatable bonds is 4. The summed E-state index contributed by atoms with van der Waals surface area (Å²) in [6.07, 6.45) is 1.55. The molecule has 1 aromatic rings. The van der Waals surface area contributed by atoms with Gasteiger partial charge in [0, 0.05) is 6.42 Å². The smallest absolute Gasteiger partial charge is 0.176 e. The van der Waals surface area contributed by atoms with Gasteiger partial charge in [-0.15, -0.1) is 5.10 Å². The largest absolute Gasteiger partial charge is 0.293 e. The van der Waals surface area contributed by atoms with Crippen molar-refractivity contribution in [2.75, 3.05) is 0 Å². The highest BCUT2D eigenvalue weighted by Gasteiger charge is 2.12. The van der Waals surface area contributed by atoms with Crippen LogP contribution in [0.25, 0.3) is 0 Å². The lowest BCUT2D eigenvalue weighted by Gasteiger charge is -2.01. The van der Waals surface area contributed by atoms with Crippen molar-refractivity contribution in [3.8, 4) is 0 Å². The molecule has 0 bridgehead atoms. The Labute approximate surface area is 82.3 Å². The van der Waals surface area contributed by atoms with Crippen molar-refractivity contribution in [2.45, 2.75) is 33.6 Å². The molecule has 1 rings (SSSR count). The first kappa shape index (κ1) is 10.3. The van der Waals surface area contributed by atoms with Crippen molar-refractivity contribution < 1.29 is 4.79 Å². The maximum absolute atomic E-state index is 11.6. The number of carbonyl (C=O) groups excluding carboxylic acids is 1. The van der Waals surface area contributed by atoms with Crippen LogP contribution in [0.2, 0.25) is 0 Å². The molecule has 1 aromatic heterocycles. The van der Waals surface area contributed by atoms with Gasteiger partial charge in [-0.1, -0.05) is 18.3 Å². The number of hydrogen-bond acceptors (Lipinski definition) is 4. The molecule has 0 aliphatic rings. The molecule has 0 atom stereocenters. The number of carbonyl (C=O) groups is 1. The van der Waals surface area contributed by atoms with Crippen LogP contribution in [0.4, 0.5) is 0 Å². The monoisotopic (exact) mass is 198 g/mol. The van der Waals surface area contributed by atoms with Crippen molar-refractivity contribution in [3.05, 3.63) is 10.6 Å². The van der Waals surface area contributed by atoms with E-state index in [4.69, 9.17) is 0 Å². The molecular formula is C9H14N2OS. The number of hydrogen-bond donors (Lipinski definition) is 0. The van der Waals surface area contributed by atoms with E-state index in [1.54, 1.807) is 0 Å². The molecule has 0 aliphatic carbocycles. The standard InChI is InChI=1S/C9H14N2OS/c1-6(2)4-5-8(12)9-7(3)10-11-13-9/h6H,4-5H2,1-3H3. The molecule has 0 saturated carbocycles. The third-order valence-corrected chi connectivity index (χ3v) is 2.72. The number of nitrogens with zero attached hydrogens (tertiary/aromatic N) is 2. The zero-order valence-electron chi connectivity index (χ0n) is 8.20. The highest BCUT2D eigenvalue weighted by atomic mass is 32.1. The topological polar surface area (TPSA) is 42.9 Å². The molecule has 0 aliphatic heterocycles. The molecule has 0 unspecified atom stereocenters. The Morgan fingerprint density at radius 1 is 1.54 bits per heavy atom. The first-order valence-corrected chi connectivity index (χ1v) is 5.20. The van der Waals surface area contributed by atoms with Crippen LogP contribution >= 0.6 is 11.5 Å². The molecule has 0 amide bonds. The van der Waals surface area contributed by atoms with E-state index in [0.717, 1.165) is 17.0 Å². The van der Waals surface area contributed by atoms with Gasteiger partial charge in [0.25, 0.3) is 0 Å². The van der Waals surface area contributed by atoms with E-state index >= 15 is 0 Å². The van der Waals surface area contributed by atoms with Gasteiger partial charge >= 0.3 is 0 Å². The van der Waals surface area contributed by atoms with Crippen LogP contribution in [0.15, 0.2) is 0 Å². The lowest BCUT2D eigenvalue weighted by atomic mass is 10.0. The zero-order valence-corrected chi connectivity index (χ0v) is 9.02. The maximum Gasteiger partial charge on any atom is 0.176 e. The number of ketones is 1. The third-order valence-electron chi connectivity index (χ3n) is 1.85. The quantitative estimate of drug-likeness (QED) is 0.698. The Balaban J connectivity index is 2.54. The van der Waals surface area contributed by atoms with Gasteiger partial charge < -0.3 is 0 Å². The molecule has 0 radical (unpaired) electrons. The highest BCUT2D eigenvalue weighted by molar-refractivity contribution is 7.08. The van der Waals surface area contributed by atoms with Gasteiger partial charge in [0.2, 0.25) is 0 Å². The summed E-state index contributed by atoms with van der Waals surface area (Å²) in [6.45, 7) is 6.06. The average Bonchev–Trinajstić information content (AvgIpc) is 2.47. The fourth-order valence-electron chi connectivity index (χ4n) is 1.02. The second kappa shape index (κ2) is 4.46. The number of Topliss-reactive ketones (excluding diaryl/α,β-unsaturated/α-hetero) is 1. The van der Waals surface area contributed by atoms with E-state index in [-0.39, 0.29) is 5.78 Å². The molecule has 0 fully saturated rings. The predicted molar refractivity (Wildman–Crippen MR) is 53.0 cm³/mol. The van der Waals surface area contributed by atoms with E-state index < -0.39 is 0 Å². The average molecular weight is 198 g/mol. The van der Waals surface area contributed by atoms with Gasteiger partial charge in [-0.25, -0.2) is 0 Å². The molecule has 0 N–H and O–H groups in total. The summed E-state index contributed by atoms with van der Waals surface area (Å²) in [5.74, 6) is 0.756. The molecule has 4 heteroatoms. The summed E-state index contributed by atoms with van der Waals surface area (Å²) < 4.78 is 3.74. The first-order chi connectivity index (χ1) is 6.11. The molecule has 1 heterocycles. The normalized spacial score (nSPS) is 10.8. The lowest BCUT2D eigenvalue weighted by molar-refractivity contribution is 0.0978. The molecule has 0 saturated heterocycles.